The van der Waals surface area contributed by atoms with Crippen molar-refractivity contribution in [2.75, 3.05) is 0 Å². The second kappa shape index (κ2) is 2.52. The fraction of sp³-hybridized carbons (Fsp3) is 0.222. The van der Waals surface area contributed by atoms with E-state index in [4.69, 9.17) is 0 Å². The summed E-state index contributed by atoms with van der Waals surface area (Å²) in [5.74, 6) is 0.0419. The van der Waals surface area contributed by atoms with E-state index in [-0.39, 0.29) is 11.5 Å². The van der Waals surface area contributed by atoms with E-state index in [0.29, 0.717) is 12.0 Å². The molecule has 60 valence electrons. The Morgan fingerprint density at radius 3 is 2.83 bits per heavy atom. The van der Waals surface area contributed by atoms with Gasteiger partial charge in [-0.15, -0.1) is 4.91 Å². The maximum Gasteiger partial charge on any atom is 0.165 e. The fourth-order valence-corrected chi connectivity index (χ4v) is 1.57. The van der Waals surface area contributed by atoms with E-state index in [0.717, 1.165) is 12.0 Å². The van der Waals surface area contributed by atoms with Gasteiger partial charge >= 0.3 is 0 Å². The molecule has 1 aliphatic rings. The first-order valence-corrected chi connectivity index (χ1v) is 3.81. The smallest absolute Gasteiger partial charge is 0.165 e. The Morgan fingerprint density at radius 2 is 2.08 bits per heavy atom. The Balaban J connectivity index is 2.68. The second-order valence-corrected chi connectivity index (χ2v) is 2.83. The van der Waals surface area contributed by atoms with Crippen LogP contribution in [0, 0.1) is 4.91 Å². The zero-order valence-electron chi connectivity index (χ0n) is 6.41. The van der Waals surface area contributed by atoms with Crippen LogP contribution in [0.3, 0.4) is 0 Å². The summed E-state index contributed by atoms with van der Waals surface area (Å²) in [4.78, 5) is 21.6. The van der Waals surface area contributed by atoms with Gasteiger partial charge in [0.05, 0.1) is 5.56 Å². The summed E-state index contributed by atoms with van der Waals surface area (Å²) in [7, 11) is 0. The van der Waals surface area contributed by atoms with E-state index in [2.05, 4.69) is 5.18 Å². The zero-order chi connectivity index (χ0) is 8.55. The summed E-state index contributed by atoms with van der Waals surface area (Å²) in [5, 5.41) is 2.82. The molecular formula is C9H7NO2. The predicted octanol–water partition coefficient (Wildman–Crippen LogP) is 2.21. The molecule has 0 bridgehead atoms. The number of nitrogens with zero attached hydrogens (tertiary/aromatic N) is 1. The minimum atomic E-state index is 0.0419. The molecule has 0 saturated carbocycles. The van der Waals surface area contributed by atoms with Gasteiger partial charge in [-0.25, -0.2) is 0 Å². The summed E-state index contributed by atoms with van der Waals surface area (Å²) in [5.41, 5.74) is 1.78. The Labute approximate surface area is 69.4 Å². The molecule has 0 aromatic heterocycles. The van der Waals surface area contributed by atoms with Gasteiger partial charge in [-0.3, -0.25) is 4.79 Å². The van der Waals surface area contributed by atoms with Gasteiger partial charge in [-0.1, -0.05) is 12.1 Å². The number of hydrogen-bond donors (Lipinski definition) is 0. The Morgan fingerprint density at radius 1 is 1.25 bits per heavy atom. The number of nitroso groups, excluding NO2 is 1. The van der Waals surface area contributed by atoms with Crippen molar-refractivity contribution in [2.45, 2.75) is 12.8 Å². The third kappa shape index (κ3) is 0.863. The molecule has 1 aliphatic carbocycles. The first-order valence-electron chi connectivity index (χ1n) is 3.81. The van der Waals surface area contributed by atoms with Gasteiger partial charge < -0.3 is 0 Å². The van der Waals surface area contributed by atoms with Crippen LogP contribution in [-0.4, -0.2) is 5.78 Å². The van der Waals surface area contributed by atoms with Crippen LogP contribution in [0.5, 0.6) is 0 Å². The molecule has 0 saturated heterocycles. The highest BCUT2D eigenvalue weighted by Gasteiger charge is 2.22. The maximum absolute atomic E-state index is 11.2. The lowest BCUT2D eigenvalue weighted by Gasteiger charge is -1.97. The van der Waals surface area contributed by atoms with Crippen LogP contribution in [0.1, 0.15) is 22.3 Å². The normalized spacial score (nSPS) is 14.5. The molecule has 0 fully saturated rings. The van der Waals surface area contributed by atoms with Gasteiger partial charge in [-0.05, 0) is 23.2 Å². The minimum absolute atomic E-state index is 0.0419. The van der Waals surface area contributed by atoms with E-state index >= 15 is 0 Å². The average Bonchev–Trinajstić information content (AvgIpc) is 2.48. The van der Waals surface area contributed by atoms with Gasteiger partial charge in [0.2, 0.25) is 0 Å². The van der Waals surface area contributed by atoms with Gasteiger partial charge in [0.1, 0.15) is 5.69 Å². The summed E-state index contributed by atoms with van der Waals surface area (Å²) in [6.07, 6.45) is 1.26. The van der Waals surface area contributed by atoms with Crippen LogP contribution in [0.15, 0.2) is 23.4 Å². The van der Waals surface area contributed by atoms with Crippen molar-refractivity contribution >= 4 is 11.5 Å². The minimum Gasteiger partial charge on any atom is -0.294 e. The number of benzene rings is 1. The Bertz CT molecular complexity index is 358. The largest absolute Gasteiger partial charge is 0.294 e. The average molecular weight is 161 g/mol. The number of carbonyl (C=O) groups excluding carboxylic acids is 1. The van der Waals surface area contributed by atoms with E-state index in [1.807, 2.05) is 6.07 Å². The molecule has 0 aliphatic heterocycles. The number of Topliss-reactive ketones (excluding diaryl/α,β-unsaturated/α-hetero) is 1. The highest BCUT2D eigenvalue weighted by Crippen LogP contribution is 2.30. The molecule has 0 atom stereocenters. The van der Waals surface area contributed by atoms with Crippen LogP contribution < -0.4 is 0 Å². The van der Waals surface area contributed by atoms with Gasteiger partial charge in [0, 0.05) is 6.42 Å². The quantitative estimate of drug-likeness (QED) is 0.593. The standard InChI is InChI=1S/C9H7NO2/c11-8-5-4-6-2-1-3-7(10-12)9(6)8/h1-3H,4-5H2. The van der Waals surface area contributed by atoms with Crippen molar-refractivity contribution in [1.82, 2.24) is 0 Å². The molecular weight excluding hydrogens is 154 g/mol. The highest BCUT2D eigenvalue weighted by atomic mass is 16.3. The second-order valence-electron chi connectivity index (χ2n) is 2.83. The molecule has 1 aromatic rings. The SMILES string of the molecule is O=Nc1cccc2c1C(=O)CC2. The molecule has 0 N–H and O–H groups in total. The lowest BCUT2D eigenvalue weighted by Crippen LogP contribution is -1.90. The molecule has 0 amide bonds. The zero-order valence-corrected chi connectivity index (χ0v) is 6.41. The van der Waals surface area contributed by atoms with Crippen molar-refractivity contribution in [3.8, 4) is 0 Å². The summed E-state index contributed by atoms with van der Waals surface area (Å²) < 4.78 is 0. The molecule has 0 radical (unpaired) electrons. The molecule has 0 unspecified atom stereocenters. The summed E-state index contributed by atoms with van der Waals surface area (Å²) >= 11 is 0. The van der Waals surface area contributed by atoms with Crippen molar-refractivity contribution in [1.29, 1.82) is 0 Å². The van der Waals surface area contributed by atoms with Crippen LogP contribution in [-0.2, 0) is 6.42 Å². The topological polar surface area (TPSA) is 46.5 Å². The third-order valence-electron chi connectivity index (χ3n) is 2.13. The number of hydrogen-bond acceptors (Lipinski definition) is 3. The summed E-state index contributed by atoms with van der Waals surface area (Å²) in [6, 6.07) is 5.21. The van der Waals surface area contributed by atoms with E-state index in [1.165, 1.54) is 0 Å². The number of carbonyl (C=O) groups is 1. The molecule has 12 heavy (non-hydrogen) atoms. The third-order valence-corrected chi connectivity index (χ3v) is 2.13. The van der Waals surface area contributed by atoms with Crippen LogP contribution in [0.2, 0.25) is 0 Å². The van der Waals surface area contributed by atoms with Crippen molar-refractivity contribution in [2.24, 2.45) is 5.18 Å². The van der Waals surface area contributed by atoms with E-state index in [1.54, 1.807) is 12.1 Å². The molecule has 0 heterocycles. The van der Waals surface area contributed by atoms with E-state index in [9.17, 15) is 9.70 Å². The number of fused-ring (bicyclic) bond motifs is 1. The van der Waals surface area contributed by atoms with Gasteiger partial charge in [-0.2, -0.15) is 0 Å². The van der Waals surface area contributed by atoms with Crippen LogP contribution >= 0.6 is 0 Å². The lowest BCUT2D eigenvalue weighted by molar-refractivity contribution is 0.0995. The van der Waals surface area contributed by atoms with Gasteiger partial charge in [0.15, 0.2) is 5.78 Å². The first-order chi connectivity index (χ1) is 5.83. The Kier molecular flexibility index (Phi) is 1.50. The highest BCUT2D eigenvalue weighted by molar-refractivity contribution is 6.04. The molecule has 3 nitrogen and oxygen atoms in total. The van der Waals surface area contributed by atoms with Crippen LogP contribution in [0.4, 0.5) is 5.69 Å². The molecule has 1 aromatic carbocycles. The summed E-state index contributed by atoms with van der Waals surface area (Å²) in [6.45, 7) is 0. The number of ketones is 1. The Hall–Kier alpha value is -1.51. The molecule has 3 heteroatoms. The lowest BCUT2D eigenvalue weighted by atomic mass is 10.1. The fourth-order valence-electron chi connectivity index (χ4n) is 1.57. The molecule has 2 rings (SSSR count). The molecule has 0 spiro atoms. The van der Waals surface area contributed by atoms with Gasteiger partial charge in [0.25, 0.3) is 0 Å². The van der Waals surface area contributed by atoms with Crippen molar-refractivity contribution in [3.63, 3.8) is 0 Å². The van der Waals surface area contributed by atoms with E-state index < -0.39 is 0 Å². The predicted molar refractivity (Wildman–Crippen MR) is 44.5 cm³/mol. The number of rotatable bonds is 1. The first kappa shape index (κ1) is 7.16. The number of aryl methyl sites for hydroxylation is 1. The van der Waals surface area contributed by atoms with Crippen molar-refractivity contribution in [3.05, 3.63) is 34.2 Å². The van der Waals surface area contributed by atoms with Crippen LogP contribution in [0.25, 0.3) is 0 Å². The monoisotopic (exact) mass is 161 g/mol. The van der Waals surface area contributed by atoms with Crippen molar-refractivity contribution < 1.29 is 4.79 Å². The maximum atomic E-state index is 11.2.